The Kier molecular flexibility index (Phi) is 5.13. The third-order valence-electron chi connectivity index (χ3n) is 4.12. The summed E-state index contributed by atoms with van der Waals surface area (Å²) in [6, 6.07) is 11.2. The number of amides is 1. The molecule has 1 amide bonds. The van der Waals surface area contributed by atoms with Gasteiger partial charge in [-0.15, -0.1) is 0 Å². The van der Waals surface area contributed by atoms with E-state index in [-0.39, 0.29) is 5.91 Å². The van der Waals surface area contributed by atoms with Crippen LogP contribution in [0.1, 0.15) is 42.5 Å². The first kappa shape index (κ1) is 15.8. The third-order valence-corrected chi connectivity index (χ3v) is 4.45. The van der Waals surface area contributed by atoms with Gasteiger partial charge in [-0.3, -0.25) is 4.79 Å². The fraction of sp³-hybridized carbons (Fsp3) is 0.333. The molecule has 1 aliphatic rings. The van der Waals surface area contributed by atoms with E-state index in [9.17, 15) is 4.79 Å². The molecule has 1 aromatic heterocycles. The van der Waals surface area contributed by atoms with Gasteiger partial charge in [0.15, 0.2) is 0 Å². The lowest BCUT2D eigenvalue weighted by atomic mass is 9.95. The van der Waals surface area contributed by atoms with Crippen molar-refractivity contribution in [2.24, 2.45) is 0 Å². The van der Waals surface area contributed by atoms with Gasteiger partial charge >= 0.3 is 0 Å². The van der Waals surface area contributed by atoms with Crippen LogP contribution in [0.2, 0.25) is 5.02 Å². The second-order valence-electron chi connectivity index (χ2n) is 5.81. The monoisotopic (exact) mass is 329 g/mol. The van der Waals surface area contributed by atoms with Crippen LogP contribution in [0.5, 0.6) is 0 Å². The molecule has 1 aliphatic carbocycles. The summed E-state index contributed by atoms with van der Waals surface area (Å²) in [4.78, 5) is 16.9. The number of nitrogens with one attached hydrogen (secondary N) is 2. The predicted octanol–water partition coefficient (Wildman–Crippen LogP) is 4.73. The van der Waals surface area contributed by atoms with Crippen molar-refractivity contribution in [3.8, 4) is 0 Å². The minimum absolute atomic E-state index is 0.204. The lowest BCUT2D eigenvalue weighted by molar-refractivity contribution is 0.102. The maximum Gasteiger partial charge on any atom is 0.259 e. The molecule has 23 heavy (non-hydrogen) atoms. The second-order valence-corrected chi connectivity index (χ2v) is 6.22. The van der Waals surface area contributed by atoms with Crippen LogP contribution in [0.4, 0.5) is 11.5 Å². The summed E-state index contributed by atoms with van der Waals surface area (Å²) in [5.41, 5.74) is 1.14. The van der Waals surface area contributed by atoms with Gasteiger partial charge in [-0.25, -0.2) is 4.98 Å². The van der Waals surface area contributed by atoms with Gasteiger partial charge in [0.1, 0.15) is 5.82 Å². The molecule has 3 rings (SSSR count). The number of aromatic nitrogens is 1. The highest BCUT2D eigenvalue weighted by Crippen LogP contribution is 2.25. The van der Waals surface area contributed by atoms with Crippen LogP contribution in [0.3, 0.4) is 0 Å². The average molecular weight is 330 g/mol. The fourth-order valence-electron chi connectivity index (χ4n) is 2.90. The minimum atomic E-state index is -0.204. The maximum absolute atomic E-state index is 12.6. The minimum Gasteiger partial charge on any atom is -0.367 e. The van der Waals surface area contributed by atoms with E-state index < -0.39 is 0 Å². The summed E-state index contributed by atoms with van der Waals surface area (Å²) in [6.07, 6.45) is 7.71. The Bertz CT molecular complexity index is 683. The van der Waals surface area contributed by atoms with E-state index >= 15 is 0 Å². The SMILES string of the molecule is O=C(Nc1ccccc1Cl)c1cccnc1NC1CCCCC1. The number of carbonyl (C=O) groups excluding carboxylic acids is 1. The molecular weight excluding hydrogens is 310 g/mol. The predicted molar refractivity (Wildman–Crippen MR) is 94.1 cm³/mol. The topological polar surface area (TPSA) is 54.0 Å². The molecule has 0 radical (unpaired) electrons. The number of rotatable bonds is 4. The third kappa shape index (κ3) is 4.02. The molecular formula is C18H20ClN3O. The zero-order valence-electron chi connectivity index (χ0n) is 12.9. The van der Waals surface area contributed by atoms with Crippen molar-refractivity contribution in [1.82, 2.24) is 4.98 Å². The van der Waals surface area contributed by atoms with Gasteiger partial charge in [-0.1, -0.05) is 43.0 Å². The first-order valence-electron chi connectivity index (χ1n) is 8.01. The number of para-hydroxylation sites is 1. The number of halogens is 1. The van der Waals surface area contributed by atoms with Gasteiger partial charge in [0.25, 0.3) is 5.91 Å². The molecule has 2 aromatic rings. The average Bonchev–Trinajstić information content (AvgIpc) is 2.58. The lowest BCUT2D eigenvalue weighted by Gasteiger charge is -2.24. The number of nitrogens with zero attached hydrogens (tertiary/aromatic N) is 1. The normalized spacial score (nSPS) is 15.2. The smallest absolute Gasteiger partial charge is 0.259 e. The largest absolute Gasteiger partial charge is 0.367 e. The van der Waals surface area contributed by atoms with E-state index in [2.05, 4.69) is 15.6 Å². The molecule has 1 fully saturated rings. The van der Waals surface area contributed by atoms with Crippen LogP contribution in [0.25, 0.3) is 0 Å². The van der Waals surface area contributed by atoms with Gasteiger partial charge in [0.05, 0.1) is 16.3 Å². The van der Waals surface area contributed by atoms with E-state index in [1.165, 1.54) is 19.3 Å². The van der Waals surface area contributed by atoms with Crippen LogP contribution in [0.15, 0.2) is 42.6 Å². The molecule has 120 valence electrons. The molecule has 1 heterocycles. The van der Waals surface area contributed by atoms with Gasteiger partial charge in [-0.2, -0.15) is 0 Å². The van der Waals surface area contributed by atoms with E-state index in [0.29, 0.717) is 28.1 Å². The molecule has 0 saturated heterocycles. The summed E-state index contributed by atoms with van der Waals surface area (Å²) < 4.78 is 0. The standard InChI is InChI=1S/C18H20ClN3O/c19-15-10-4-5-11-16(15)22-18(23)14-9-6-12-20-17(14)21-13-7-2-1-3-8-13/h4-6,9-13H,1-3,7-8H2,(H,20,21)(H,22,23). The summed E-state index contributed by atoms with van der Waals surface area (Å²) in [5.74, 6) is 0.438. The van der Waals surface area contributed by atoms with E-state index in [1.54, 1.807) is 30.5 Å². The van der Waals surface area contributed by atoms with Crippen molar-refractivity contribution in [1.29, 1.82) is 0 Å². The van der Waals surface area contributed by atoms with Crippen LogP contribution >= 0.6 is 11.6 Å². The van der Waals surface area contributed by atoms with E-state index in [4.69, 9.17) is 11.6 Å². The molecule has 5 heteroatoms. The molecule has 0 unspecified atom stereocenters. The summed E-state index contributed by atoms with van der Waals surface area (Å²) >= 11 is 6.11. The first-order valence-corrected chi connectivity index (χ1v) is 8.39. The molecule has 0 bridgehead atoms. The number of pyridine rings is 1. The van der Waals surface area contributed by atoms with Gasteiger partial charge in [-0.05, 0) is 37.1 Å². The van der Waals surface area contributed by atoms with Gasteiger partial charge in [0, 0.05) is 12.2 Å². The Balaban J connectivity index is 1.76. The summed E-state index contributed by atoms with van der Waals surface area (Å²) in [5, 5.41) is 6.80. The number of hydrogen-bond acceptors (Lipinski definition) is 3. The first-order chi connectivity index (χ1) is 11.2. The van der Waals surface area contributed by atoms with Crippen molar-refractivity contribution < 1.29 is 4.79 Å². The van der Waals surface area contributed by atoms with E-state index in [1.807, 2.05) is 12.1 Å². The molecule has 4 nitrogen and oxygen atoms in total. The number of carbonyl (C=O) groups is 1. The lowest BCUT2D eigenvalue weighted by Crippen LogP contribution is -2.25. The van der Waals surface area contributed by atoms with Crippen LogP contribution in [0, 0.1) is 0 Å². The molecule has 0 atom stereocenters. The summed E-state index contributed by atoms with van der Waals surface area (Å²) in [6.45, 7) is 0. The van der Waals surface area contributed by atoms with Crippen LogP contribution in [-0.2, 0) is 0 Å². The quantitative estimate of drug-likeness (QED) is 0.852. The highest BCUT2D eigenvalue weighted by molar-refractivity contribution is 6.34. The Morgan fingerprint density at radius 2 is 1.87 bits per heavy atom. The highest BCUT2D eigenvalue weighted by atomic mass is 35.5. The molecule has 0 aliphatic heterocycles. The molecule has 2 N–H and O–H groups in total. The Hall–Kier alpha value is -2.07. The molecule has 1 saturated carbocycles. The van der Waals surface area contributed by atoms with Crippen molar-refractivity contribution in [3.63, 3.8) is 0 Å². The van der Waals surface area contributed by atoms with Crippen molar-refractivity contribution in [2.45, 2.75) is 38.1 Å². The Labute approximate surface area is 141 Å². The number of anilines is 2. The second kappa shape index (κ2) is 7.47. The molecule has 0 spiro atoms. The van der Waals surface area contributed by atoms with Crippen molar-refractivity contribution >= 4 is 29.0 Å². The zero-order chi connectivity index (χ0) is 16.1. The Morgan fingerprint density at radius 1 is 1.09 bits per heavy atom. The maximum atomic E-state index is 12.6. The van der Waals surface area contributed by atoms with Crippen molar-refractivity contribution in [3.05, 3.63) is 53.2 Å². The van der Waals surface area contributed by atoms with Crippen LogP contribution in [-0.4, -0.2) is 16.9 Å². The Morgan fingerprint density at radius 3 is 2.65 bits per heavy atom. The number of hydrogen-bond donors (Lipinski definition) is 2. The fourth-order valence-corrected chi connectivity index (χ4v) is 3.08. The summed E-state index contributed by atoms with van der Waals surface area (Å²) in [7, 11) is 0. The molecule has 1 aromatic carbocycles. The van der Waals surface area contributed by atoms with Crippen molar-refractivity contribution in [2.75, 3.05) is 10.6 Å². The number of benzene rings is 1. The van der Waals surface area contributed by atoms with Crippen LogP contribution < -0.4 is 10.6 Å². The zero-order valence-corrected chi connectivity index (χ0v) is 13.6. The van der Waals surface area contributed by atoms with Gasteiger partial charge in [0.2, 0.25) is 0 Å². The van der Waals surface area contributed by atoms with E-state index in [0.717, 1.165) is 12.8 Å². The van der Waals surface area contributed by atoms with Gasteiger partial charge < -0.3 is 10.6 Å². The highest BCUT2D eigenvalue weighted by Gasteiger charge is 2.18.